The van der Waals surface area contributed by atoms with Crippen LogP contribution in [0.2, 0.25) is 0 Å². The first kappa shape index (κ1) is 14.2. The van der Waals surface area contributed by atoms with Gasteiger partial charge in [0.15, 0.2) is 0 Å². The van der Waals surface area contributed by atoms with E-state index in [1.807, 2.05) is 6.92 Å². The van der Waals surface area contributed by atoms with Crippen LogP contribution in [0.1, 0.15) is 20.8 Å². The second-order valence-corrected chi connectivity index (χ2v) is 4.92. The largest absolute Gasteiger partial charge is 0.382 e. The summed E-state index contributed by atoms with van der Waals surface area (Å²) in [4.78, 5) is 6.67. The SMILES string of the molecule is COCC(C)N=C(NN)N1CCOCC1(C)C. The Morgan fingerprint density at radius 3 is 2.88 bits per heavy atom. The number of rotatable bonds is 3. The molecule has 0 saturated carbocycles. The highest BCUT2D eigenvalue weighted by atomic mass is 16.5. The van der Waals surface area contributed by atoms with Crippen molar-refractivity contribution in [2.75, 3.05) is 33.5 Å². The molecule has 0 aromatic heterocycles. The molecule has 1 fully saturated rings. The second kappa shape index (κ2) is 6.18. The van der Waals surface area contributed by atoms with Gasteiger partial charge in [0.1, 0.15) is 0 Å². The molecule has 1 heterocycles. The summed E-state index contributed by atoms with van der Waals surface area (Å²) < 4.78 is 10.5. The number of methoxy groups -OCH3 is 1. The van der Waals surface area contributed by atoms with Crippen LogP contribution < -0.4 is 11.3 Å². The Bertz CT molecular complexity index is 268. The smallest absolute Gasteiger partial charge is 0.209 e. The summed E-state index contributed by atoms with van der Waals surface area (Å²) in [6.07, 6.45) is 0. The standard InChI is InChI=1S/C11H24N4O2/c1-9(7-16-4)13-10(14-12)15-5-6-17-8-11(15,2)3/h9H,5-8,12H2,1-4H3,(H,13,14). The van der Waals surface area contributed by atoms with E-state index in [0.717, 1.165) is 6.54 Å². The molecule has 1 aliphatic heterocycles. The van der Waals surface area contributed by atoms with Gasteiger partial charge in [0.2, 0.25) is 5.96 Å². The monoisotopic (exact) mass is 244 g/mol. The number of nitrogens with zero attached hydrogens (tertiary/aromatic N) is 2. The number of ether oxygens (including phenoxy) is 2. The quantitative estimate of drug-likeness (QED) is 0.315. The second-order valence-electron chi connectivity index (χ2n) is 4.92. The predicted octanol–water partition coefficient (Wildman–Crippen LogP) is -0.0486. The molecule has 3 N–H and O–H groups in total. The van der Waals surface area contributed by atoms with Gasteiger partial charge in [0.25, 0.3) is 0 Å². The minimum Gasteiger partial charge on any atom is -0.382 e. The van der Waals surface area contributed by atoms with Gasteiger partial charge in [-0.3, -0.25) is 5.43 Å². The molecule has 1 saturated heterocycles. The molecule has 1 aliphatic rings. The Hall–Kier alpha value is -0.850. The van der Waals surface area contributed by atoms with Crippen LogP contribution in [0.25, 0.3) is 0 Å². The number of hydrazine groups is 1. The molecular formula is C11H24N4O2. The third-order valence-electron chi connectivity index (χ3n) is 2.78. The number of morpholine rings is 1. The van der Waals surface area contributed by atoms with Crippen LogP contribution in [-0.2, 0) is 9.47 Å². The Labute approximate surface area is 103 Å². The highest BCUT2D eigenvalue weighted by Gasteiger charge is 2.32. The number of hydrogen-bond donors (Lipinski definition) is 2. The summed E-state index contributed by atoms with van der Waals surface area (Å²) >= 11 is 0. The Kier molecular flexibility index (Phi) is 5.17. The van der Waals surface area contributed by atoms with Crippen molar-refractivity contribution in [3.8, 4) is 0 Å². The fourth-order valence-corrected chi connectivity index (χ4v) is 1.92. The summed E-state index contributed by atoms with van der Waals surface area (Å²) in [6, 6.07) is 0.0738. The van der Waals surface area contributed by atoms with Gasteiger partial charge >= 0.3 is 0 Å². The van der Waals surface area contributed by atoms with Crippen LogP contribution >= 0.6 is 0 Å². The van der Waals surface area contributed by atoms with Crippen molar-refractivity contribution in [3.05, 3.63) is 0 Å². The highest BCUT2D eigenvalue weighted by molar-refractivity contribution is 5.80. The molecule has 100 valence electrons. The van der Waals surface area contributed by atoms with Crippen molar-refractivity contribution in [2.24, 2.45) is 10.8 Å². The molecule has 6 heteroatoms. The summed E-state index contributed by atoms with van der Waals surface area (Å²) in [7, 11) is 1.67. The van der Waals surface area contributed by atoms with E-state index in [1.54, 1.807) is 7.11 Å². The number of nitrogens with one attached hydrogen (secondary N) is 1. The third kappa shape index (κ3) is 3.83. The molecule has 0 spiro atoms. The van der Waals surface area contributed by atoms with Crippen molar-refractivity contribution in [1.82, 2.24) is 10.3 Å². The first-order chi connectivity index (χ1) is 8.01. The van der Waals surface area contributed by atoms with Crippen LogP contribution in [0.15, 0.2) is 4.99 Å². The van der Waals surface area contributed by atoms with Gasteiger partial charge in [-0.05, 0) is 20.8 Å². The molecule has 17 heavy (non-hydrogen) atoms. The molecule has 0 aromatic carbocycles. The first-order valence-corrected chi connectivity index (χ1v) is 5.90. The lowest BCUT2D eigenvalue weighted by molar-refractivity contribution is -0.0169. The van der Waals surface area contributed by atoms with E-state index in [0.29, 0.717) is 25.8 Å². The zero-order chi connectivity index (χ0) is 12.9. The summed E-state index contributed by atoms with van der Waals surface area (Å²) in [5.41, 5.74) is 2.58. The third-order valence-corrected chi connectivity index (χ3v) is 2.78. The van der Waals surface area contributed by atoms with E-state index in [9.17, 15) is 0 Å². The summed E-state index contributed by atoms with van der Waals surface area (Å²) in [5, 5.41) is 0. The van der Waals surface area contributed by atoms with E-state index < -0.39 is 0 Å². The van der Waals surface area contributed by atoms with Crippen LogP contribution in [0.5, 0.6) is 0 Å². The average molecular weight is 244 g/mol. The van der Waals surface area contributed by atoms with Crippen molar-refractivity contribution >= 4 is 5.96 Å². The van der Waals surface area contributed by atoms with Gasteiger partial charge in [-0.2, -0.15) is 0 Å². The van der Waals surface area contributed by atoms with E-state index in [-0.39, 0.29) is 11.6 Å². The lowest BCUT2D eigenvalue weighted by Crippen LogP contribution is -2.60. The predicted molar refractivity (Wildman–Crippen MR) is 67.7 cm³/mol. The minimum absolute atomic E-state index is 0.0738. The van der Waals surface area contributed by atoms with Gasteiger partial charge in [0, 0.05) is 13.7 Å². The Morgan fingerprint density at radius 2 is 2.35 bits per heavy atom. The van der Waals surface area contributed by atoms with Gasteiger partial charge in [-0.1, -0.05) is 0 Å². The topological polar surface area (TPSA) is 72.1 Å². The van der Waals surface area contributed by atoms with Gasteiger partial charge in [-0.25, -0.2) is 10.8 Å². The first-order valence-electron chi connectivity index (χ1n) is 5.90. The summed E-state index contributed by atoms with van der Waals surface area (Å²) in [5.74, 6) is 6.26. The van der Waals surface area contributed by atoms with Crippen LogP contribution in [-0.4, -0.2) is 55.9 Å². The zero-order valence-corrected chi connectivity index (χ0v) is 11.2. The maximum Gasteiger partial charge on any atom is 0.209 e. The molecule has 0 aromatic rings. The number of nitrogens with two attached hydrogens (primary N) is 1. The van der Waals surface area contributed by atoms with E-state index >= 15 is 0 Å². The minimum atomic E-state index is -0.101. The molecule has 0 radical (unpaired) electrons. The maximum absolute atomic E-state index is 5.57. The van der Waals surface area contributed by atoms with Gasteiger partial charge in [-0.15, -0.1) is 0 Å². The van der Waals surface area contributed by atoms with Crippen molar-refractivity contribution in [3.63, 3.8) is 0 Å². The number of aliphatic imine (C=N–C) groups is 1. The van der Waals surface area contributed by atoms with E-state index in [2.05, 4.69) is 29.2 Å². The lowest BCUT2D eigenvalue weighted by Gasteiger charge is -2.43. The number of guanidine groups is 1. The van der Waals surface area contributed by atoms with E-state index in [1.165, 1.54) is 0 Å². The normalized spacial score (nSPS) is 22.4. The zero-order valence-electron chi connectivity index (χ0n) is 11.2. The van der Waals surface area contributed by atoms with Crippen molar-refractivity contribution < 1.29 is 9.47 Å². The van der Waals surface area contributed by atoms with Crippen molar-refractivity contribution in [2.45, 2.75) is 32.4 Å². The molecule has 6 nitrogen and oxygen atoms in total. The van der Waals surface area contributed by atoms with Crippen molar-refractivity contribution in [1.29, 1.82) is 0 Å². The van der Waals surface area contributed by atoms with Crippen LogP contribution in [0.4, 0.5) is 0 Å². The molecule has 1 rings (SSSR count). The fourth-order valence-electron chi connectivity index (χ4n) is 1.92. The maximum atomic E-state index is 5.57. The fraction of sp³-hybridized carbons (Fsp3) is 0.909. The summed E-state index contributed by atoms with van der Waals surface area (Å²) in [6.45, 7) is 8.95. The molecule has 0 aliphatic carbocycles. The lowest BCUT2D eigenvalue weighted by atomic mass is 10.0. The van der Waals surface area contributed by atoms with Gasteiger partial charge < -0.3 is 14.4 Å². The molecule has 0 amide bonds. The molecular weight excluding hydrogens is 220 g/mol. The Balaban J connectivity index is 2.77. The number of hydrogen-bond acceptors (Lipinski definition) is 4. The molecule has 0 bridgehead atoms. The van der Waals surface area contributed by atoms with Crippen LogP contribution in [0.3, 0.4) is 0 Å². The molecule has 1 unspecified atom stereocenters. The van der Waals surface area contributed by atoms with Crippen LogP contribution in [0, 0.1) is 0 Å². The van der Waals surface area contributed by atoms with Gasteiger partial charge in [0.05, 0.1) is 31.4 Å². The molecule has 1 atom stereocenters. The Morgan fingerprint density at radius 1 is 1.65 bits per heavy atom. The highest BCUT2D eigenvalue weighted by Crippen LogP contribution is 2.19. The average Bonchev–Trinajstić information content (AvgIpc) is 2.26. The van der Waals surface area contributed by atoms with E-state index in [4.69, 9.17) is 15.3 Å².